The molecule has 162 valence electrons. The number of sulfonamides is 2. The van der Waals surface area contributed by atoms with E-state index in [1.165, 1.54) is 16.4 Å². The van der Waals surface area contributed by atoms with Crippen LogP contribution in [0, 0.1) is 0 Å². The van der Waals surface area contributed by atoms with Crippen LogP contribution in [-0.2, 0) is 24.8 Å². The third-order valence-electron chi connectivity index (χ3n) is 5.16. The Hall–Kier alpha value is -1.53. The number of benzene rings is 1. The second-order valence-corrected chi connectivity index (χ2v) is 11.1. The van der Waals surface area contributed by atoms with Crippen LogP contribution < -0.4 is 4.72 Å². The summed E-state index contributed by atoms with van der Waals surface area (Å²) >= 11 is 0. The van der Waals surface area contributed by atoms with E-state index in [2.05, 4.69) is 4.72 Å². The normalized spacial score (nSPS) is 21.8. The number of hydrogen-bond acceptors (Lipinski definition) is 6. The fourth-order valence-electron chi connectivity index (χ4n) is 3.62. The molecule has 0 bridgehead atoms. The van der Waals surface area contributed by atoms with Gasteiger partial charge in [-0.3, -0.25) is 4.79 Å². The molecule has 1 unspecified atom stereocenters. The minimum Gasteiger partial charge on any atom is -0.379 e. The minimum atomic E-state index is -3.70. The number of rotatable bonds is 6. The highest BCUT2D eigenvalue weighted by Crippen LogP contribution is 2.23. The van der Waals surface area contributed by atoms with Crippen molar-refractivity contribution >= 4 is 26.0 Å². The van der Waals surface area contributed by atoms with E-state index in [1.807, 2.05) is 0 Å². The molecule has 0 saturated carbocycles. The largest absolute Gasteiger partial charge is 0.379 e. The van der Waals surface area contributed by atoms with Gasteiger partial charge in [-0.1, -0.05) is 6.07 Å². The number of carbonyl (C=O) groups excluding carboxylic acids is 1. The van der Waals surface area contributed by atoms with Crippen molar-refractivity contribution in [3.05, 3.63) is 29.8 Å². The van der Waals surface area contributed by atoms with E-state index < -0.39 is 20.0 Å². The number of nitrogens with one attached hydrogen (secondary N) is 1. The summed E-state index contributed by atoms with van der Waals surface area (Å²) in [6.07, 6.45) is 3.51. The van der Waals surface area contributed by atoms with Gasteiger partial charge < -0.3 is 9.64 Å². The van der Waals surface area contributed by atoms with Gasteiger partial charge in [0.15, 0.2) is 0 Å². The van der Waals surface area contributed by atoms with E-state index in [0.717, 1.165) is 19.1 Å². The number of likely N-dealkylation sites (tertiary alicyclic amines) is 1. The van der Waals surface area contributed by atoms with Gasteiger partial charge in [-0.15, -0.1) is 0 Å². The number of piperidine rings is 1. The van der Waals surface area contributed by atoms with E-state index in [4.69, 9.17) is 4.74 Å². The smallest absolute Gasteiger partial charge is 0.254 e. The fraction of sp³-hybridized carbons (Fsp3) is 0.611. The van der Waals surface area contributed by atoms with Crippen molar-refractivity contribution in [1.82, 2.24) is 13.9 Å². The molecule has 1 aromatic carbocycles. The standard InChI is InChI=1S/C18H27N3O6S2/c1-28(23,24)19-14-16-6-2-3-8-21(16)18(22)15-5-4-7-17(13-15)29(25,26)20-9-11-27-12-10-20/h4-5,7,13,16,19H,2-3,6,8-12,14H2,1H3. The van der Waals surface area contributed by atoms with Crippen molar-refractivity contribution in [2.24, 2.45) is 0 Å². The molecule has 0 radical (unpaired) electrons. The van der Waals surface area contributed by atoms with Gasteiger partial charge in [-0.05, 0) is 37.5 Å². The summed E-state index contributed by atoms with van der Waals surface area (Å²) in [4.78, 5) is 14.8. The zero-order chi connectivity index (χ0) is 21.1. The highest BCUT2D eigenvalue weighted by molar-refractivity contribution is 7.89. The van der Waals surface area contributed by atoms with Gasteiger partial charge in [0.25, 0.3) is 5.91 Å². The van der Waals surface area contributed by atoms with Crippen LogP contribution in [0.3, 0.4) is 0 Å². The van der Waals surface area contributed by atoms with Gasteiger partial charge in [0.2, 0.25) is 20.0 Å². The predicted molar refractivity (Wildman–Crippen MR) is 108 cm³/mol. The highest BCUT2D eigenvalue weighted by atomic mass is 32.2. The summed E-state index contributed by atoms with van der Waals surface area (Å²) in [5, 5.41) is 0. The zero-order valence-electron chi connectivity index (χ0n) is 16.4. The van der Waals surface area contributed by atoms with Crippen LogP contribution in [0.15, 0.2) is 29.2 Å². The number of morpholine rings is 1. The minimum absolute atomic E-state index is 0.0769. The van der Waals surface area contributed by atoms with Crippen LogP contribution in [-0.4, -0.2) is 83.6 Å². The summed E-state index contributed by atoms with van der Waals surface area (Å²) in [5.41, 5.74) is 0.283. The third kappa shape index (κ3) is 5.54. The molecule has 2 heterocycles. The van der Waals surface area contributed by atoms with Gasteiger partial charge in [-0.25, -0.2) is 21.6 Å². The molecule has 1 amide bonds. The molecule has 9 nitrogen and oxygen atoms in total. The van der Waals surface area contributed by atoms with Gasteiger partial charge in [-0.2, -0.15) is 4.31 Å². The molecule has 3 rings (SSSR count). The van der Waals surface area contributed by atoms with E-state index in [0.29, 0.717) is 26.2 Å². The Balaban J connectivity index is 1.80. The molecule has 2 fully saturated rings. The molecule has 0 spiro atoms. The van der Waals surface area contributed by atoms with Crippen molar-refractivity contribution in [1.29, 1.82) is 0 Å². The van der Waals surface area contributed by atoms with Crippen LogP contribution >= 0.6 is 0 Å². The zero-order valence-corrected chi connectivity index (χ0v) is 18.0. The highest BCUT2D eigenvalue weighted by Gasteiger charge is 2.30. The average Bonchev–Trinajstić information content (AvgIpc) is 2.72. The second-order valence-electron chi connectivity index (χ2n) is 7.31. The lowest BCUT2D eigenvalue weighted by atomic mass is 10.0. The Morgan fingerprint density at radius 3 is 2.55 bits per heavy atom. The van der Waals surface area contributed by atoms with Crippen molar-refractivity contribution in [3.63, 3.8) is 0 Å². The van der Waals surface area contributed by atoms with E-state index in [9.17, 15) is 21.6 Å². The molecule has 2 aliphatic heterocycles. The van der Waals surface area contributed by atoms with Gasteiger partial charge >= 0.3 is 0 Å². The number of ether oxygens (including phenoxy) is 1. The van der Waals surface area contributed by atoms with Crippen LogP contribution in [0.2, 0.25) is 0 Å². The van der Waals surface area contributed by atoms with E-state index in [-0.39, 0.29) is 42.0 Å². The molecule has 1 atom stereocenters. The molecule has 2 saturated heterocycles. The maximum atomic E-state index is 13.1. The first-order valence-electron chi connectivity index (χ1n) is 9.62. The molecule has 1 aromatic rings. The molecule has 1 N–H and O–H groups in total. The number of hydrogen-bond donors (Lipinski definition) is 1. The maximum Gasteiger partial charge on any atom is 0.254 e. The first-order chi connectivity index (χ1) is 13.7. The molecular weight excluding hydrogens is 418 g/mol. The van der Waals surface area contributed by atoms with Crippen LogP contribution in [0.1, 0.15) is 29.6 Å². The Kier molecular flexibility index (Phi) is 6.94. The van der Waals surface area contributed by atoms with Crippen molar-refractivity contribution in [2.45, 2.75) is 30.2 Å². The molecular formula is C18H27N3O6S2. The van der Waals surface area contributed by atoms with Crippen molar-refractivity contribution in [2.75, 3.05) is 45.6 Å². The second kappa shape index (κ2) is 9.09. The predicted octanol–water partition coefficient (Wildman–Crippen LogP) is 0.251. The molecule has 2 aliphatic rings. The van der Waals surface area contributed by atoms with Gasteiger partial charge in [0.05, 0.1) is 24.4 Å². The monoisotopic (exact) mass is 445 g/mol. The molecule has 29 heavy (non-hydrogen) atoms. The maximum absolute atomic E-state index is 13.1. The van der Waals surface area contributed by atoms with Crippen molar-refractivity contribution < 1.29 is 26.4 Å². The quantitative estimate of drug-likeness (QED) is 0.672. The first kappa shape index (κ1) is 22.2. The topological polar surface area (TPSA) is 113 Å². The van der Waals surface area contributed by atoms with E-state index >= 15 is 0 Å². The summed E-state index contributed by atoms with van der Waals surface area (Å²) in [6, 6.07) is 5.79. The molecule has 11 heteroatoms. The Morgan fingerprint density at radius 1 is 1.14 bits per heavy atom. The number of carbonyl (C=O) groups is 1. The van der Waals surface area contributed by atoms with Crippen molar-refractivity contribution in [3.8, 4) is 0 Å². The SMILES string of the molecule is CS(=O)(=O)NCC1CCCCN1C(=O)c1cccc(S(=O)(=O)N2CCOCC2)c1. The Bertz CT molecular complexity index is 942. The summed E-state index contributed by atoms with van der Waals surface area (Å²) < 4.78 is 57.7. The lowest BCUT2D eigenvalue weighted by Gasteiger charge is -2.36. The number of amides is 1. The third-order valence-corrected chi connectivity index (χ3v) is 7.74. The van der Waals surface area contributed by atoms with Crippen LogP contribution in [0.4, 0.5) is 0 Å². The number of nitrogens with zero attached hydrogens (tertiary/aromatic N) is 2. The molecule has 0 aliphatic carbocycles. The van der Waals surface area contributed by atoms with E-state index in [1.54, 1.807) is 17.0 Å². The summed E-state index contributed by atoms with van der Waals surface area (Å²) in [7, 11) is -7.06. The van der Waals surface area contributed by atoms with Crippen LogP contribution in [0.25, 0.3) is 0 Å². The first-order valence-corrected chi connectivity index (χ1v) is 13.0. The lowest BCUT2D eigenvalue weighted by Crippen LogP contribution is -2.49. The average molecular weight is 446 g/mol. The summed E-state index contributed by atoms with van der Waals surface area (Å²) in [5.74, 6) is -0.288. The fourth-order valence-corrected chi connectivity index (χ4v) is 5.57. The lowest BCUT2D eigenvalue weighted by molar-refractivity contribution is 0.0618. The van der Waals surface area contributed by atoms with Gasteiger partial charge in [0, 0.05) is 37.8 Å². The molecule has 0 aromatic heterocycles. The Labute approximate surface area is 172 Å². The van der Waals surface area contributed by atoms with Crippen LogP contribution in [0.5, 0.6) is 0 Å². The van der Waals surface area contributed by atoms with Gasteiger partial charge in [0.1, 0.15) is 0 Å². The summed E-state index contributed by atoms with van der Waals surface area (Å²) in [6.45, 7) is 1.92. The Morgan fingerprint density at radius 2 is 1.86 bits per heavy atom.